The van der Waals surface area contributed by atoms with Crippen LogP contribution in [-0.2, 0) is 4.74 Å². The summed E-state index contributed by atoms with van der Waals surface area (Å²) in [5.41, 5.74) is 1.30. The van der Waals surface area contributed by atoms with Crippen molar-refractivity contribution in [3.63, 3.8) is 0 Å². The van der Waals surface area contributed by atoms with Crippen molar-refractivity contribution in [2.75, 3.05) is 0 Å². The van der Waals surface area contributed by atoms with Crippen molar-refractivity contribution in [1.82, 2.24) is 0 Å². The molecule has 8 heavy (non-hydrogen) atoms. The van der Waals surface area contributed by atoms with Crippen LogP contribution in [0, 0.1) is 0 Å². The van der Waals surface area contributed by atoms with Crippen LogP contribution in [0.2, 0.25) is 0 Å². The van der Waals surface area contributed by atoms with Crippen LogP contribution < -0.4 is 0 Å². The molecule has 1 aliphatic rings. The van der Waals surface area contributed by atoms with E-state index in [-0.39, 0.29) is 0 Å². The van der Waals surface area contributed by atoms with Crippen LogP contribution in [-0.4, -0.2) is 0 Å². The van der Waals surface area contributed by atoms with Crippen molar-refractivity contribution < 1.29 is 4.74 Å². The fourth-order valence-corrected chi connectivity index (χ4v) is 0.760. The predicted molar refractivity (Wildman–Crippen MR) is 33.2 cm³/mol. The molecule has 0 bridgehead atoms. The molecule has 0 saturated heterocycles. The SMILES string of the molecule is C=C1CC(C)=C(C)O1. The molecule has 0 aromatic carbocycles. The zero-order valence-electron chi connectivity index (χ0n) is 5.32. The van der Waals surface area contributed by atoms with Gasteiger partial charge in [0.2, 0.25) is 0 Å². The highest BCUT2D eigenvalue weighted by atomic mass is 16.5. The Bertz CT molecular complexity index is 138. The van der Waals surface area contributed by atoms with Gasteiger partial charge < -0.3 is 4.74 Å². The molecule has 1 aliphatic heterocycles. The maximum atomic E-state index is 5.16. The van der Waals surface area contributed by atoms with Crippen LogP contribution in [0.15, 0.2) is 23.7 Å². The molecule has 0 unspecified atom stereocenters. The van der Waals surface area contributed by atoms with E-state index in [1.54, 1.807) is 0 Å². The molecule has 0 atom stereocenters. The number of rotatable bonds is 0. The third kappa shape index (κ3) is 0.760. The van der Waals surface area contributed by atoms with E-state index < -0.39 is 0 Å². The minimum absolute atomic E-state index is 0.875. The largest absolute Gasteiger partial charge is 0.467 e. The van der Waals surface area contributed by atoms with E-state index in [9.17, 15) is 0 Å². The van der Waals surface area contributed by atoms with E-state index in [1.165, 1.54) is 5.57 Å². The van der Waals surface area contributed by atoms with Crippen LogP contribution in [0.5, 0.6) is 0 Å². The van der Waals surface area contributed by atoms with Gasteiger partial charge in [-0.05, 0) is 19.4 Å². The minimum atomic E-state index is 0.875. The van der Waals surface area contributed by atoms with Crippen LogP contribution in [0.3, 0.4) is 0 Å². The van der Waals surface area contributed by atoms with Gasteiger partial charge in [-0.3, -0.25) is 0 Å². The monoisotopic (exact) mass is 110 g/mol. The summed E-state index contributed by atoms with van der Waals surface area (Å²) in [6, 6.07) is 0. The first-order valence-corrected chi connectivity index (χ1v) is 2.72. The second kappa shape index (κ2) is 1.66. The lowest BCUT2D eigenvalue weighted by atomic mass is 10.2. The van der Waals surface area contributed by atoms with E-state index >= 15 is 0 Å². The van der Waals surface area contributed by atoms with Crippen molar-refractivity contribution in [2.45, 2.75) is 20.3 Å². The summed E-state index contributed by atoms with van der Waals surface area (Å²) in [7, 11) is 0. The van der Waals surface area contributed by atoms with Crippen LogP contribution in [0.1, 0.15) is 20.3 Å². The molecule has 1 heterocycles. The van der Waals surface area contributed by atoms with Crippen LogP contribution in [0.25, 0.3) is 0 Å². The number of hydrogen-bond acceptors (Lipinski definition) is 1. The predicted octanol–water partition coefficient (Wildman–Crippen LogP) is 2.21. The Morgan fingerprint density at radius 1 is 1.50 bits per heavy atom. The molecule has 0 fully saturated rings. The Kier molecular flexibility index (Phi) is 1.12. The molecule has 1 nitrogen and oxygen atoms in total. The summed E-state index contributed by atoms with van der Waals surface area (Å²) in [5.74, 6) is 1.90. The third-order valence-electron chi connectivity index (χ3n) is 1.36. The summed E-state index contributed by atoms with van der Waals surface area (Å²) in [5, 5.41) is 0. The Morgan fingerprint density at radius 2 is 2.12 bits per heavy atom. The van der Waals surface area contributed by atoms with E-state index in [1.807, 2.05) is 6.92 Å². The zero-order chi connectivity index (χ0) is 6.15. The Balaban J connectivity index is 2.73. The van der Waals surface area contributed by atoms with Gasteiger partial charge in [-0.1, -0.05) is 6.58 Å². The quantitative estimate of drug-likeness (QED) is 0.464. The van der Waals surface area contributed by atoms with Crippen molar-refractivity contribution in [1.29, 1.82) is 0 Å². The fourth-order valence-electron chi connectivity index (χ4n) is 0.760. The summed E-state index contributed by atoms with van der Waals surface area (Å²) in [4.78, 5) is 0. The third-order valence-corrected chi connectivity index (χ3v) is 1.36. The molecule has 0 N–H and O–H groups in total. The van der Waals surface area contributed by atoms with Gasteiger partial charge in [0.25, 0.3) is 0 Å². The van der Waals surface area contributed by atoms with Crippen molar-refractivity contribution in [2.24, 2.45) is 0 Å². The van der Waals surface area contributed by atoms with Gasteiger partial charge >= 0.3 is 0 Å². The van der Waals surface area contributed by atoms with Crippen molar-refractivity contribution >= 4 is 0 Å². The Morgan fingerprint density at radius 3 is 2.25 bits per heavy atom. The van der Waals surface area contributed by atoms with Crippen molar-refractivity contribution in [3.8, 4) is 0 Å². The lowest BCUT2D eigenvalue weighted by Crippen LogP contribution is -1.73. The number of allylic oxidation sites excluding steroid dienone is 2. The second-order valence-electron chi connectivity index (χ2n) is 2.15. The summed E-state index contributed by atoms with van der Waals surface area (Å²) >= 11 is 0. The highest BCUT2D eigenvalue weighted by Crippen LogP contribution is 2.24. The molecule has 0 aromatic heterocycles. The lowest BCUT2D eigenvalue weighted by molar-refractivity contribution is 0.327. The Labute approximate surface area is 49.7 Å². The highest BCUT2D eigenvalue weighted by molar-refractivity contribution is 5.18. The van der Waals surface area contributed by atoms with Crippen molar-refractivity contribution in [3.05, 3.63) is 23.7 Å². The molecule has 1 heteroatoms. The molecule has 1 rings (SSSR count). The molecule has 44 valence electrons. The van der Waals surface area contributed by atoms with E-state index in [0.29, 0.717) is 0 Å². The van der Waals surface area contributed by atoms with Gasteiger partial charge in [-0.2, -0.15) is 0 Å². The number of ether oxygens (including phenoxy) is 1. The molecular formula is C7H10O. The molecule has 0 radical (unpaired) electrons. The maximum Gasteiger partial charge on any atom is 0.101 e. The smallest absolute Gasteiger partial charge is 0.101 e. The van der Waals surface area contributed by atoms with Gasteiger partial charge in [-0.25, -0.2) is 0 Å². The van der Waals surface area contributed by atoms with Gasteiger partial charge in [0.15, 0.2) is 0 Å². The van der Waals surface area contributed by atoms with E-state index in [2.05, 4.69) is 13.5 Å². The first-order valence-electron chi connectivity index (χ1n) is 2.72. The molecule has 0 saturated carbocycles. The highest BCUT2D eigenvalue weighted by Gasteiger charge is 2.09. The minimum Gasteiger partial charge on any atom is -0.467 e. The zero-order valence-corrected chi connectivity index (χ0v) is 5.32. The first-order chi connectivity index (χ1) is 3.70. The average Bonchev–Trinajstić information content (AvgIpc) is 1.85. The molecule has 0 spiro atoms. The standard InChI is InChI=1S/C7H10O/c1-5-4-6(2)8-7(5)3/h2,4H2,1,3H3. The molecule has 0 aliphatic carbocycles. The summed E-state index contributed by atoms with van der Waals surface area (Å²) < 4.78 is 5.16. The molecule has 0 amide bonds. The average molecular weight is 110 g/mol. The summed E-state index contributed by atoms with van der Waals surface area (Å²) in [6.07, 6.45) is 0.922. The Hall–Kier alpha value is -0.720. The van der Waals surface area contributed by atoms with Crippen LogP contribution in [0.4, 0.5) is 0 Å². The fraction of sp³-hybridized carbons (Fsp3) is 0.429. The normalized spacial score (nSPS) is 19.5. The first kappa shape index (κ1) is 5.42. The van der Waals surface area contributed by atoms with Gasteiger partial charge in [0, 0.05) is 6.42 Å². The topological polar surface area (TPSA) is 9.23 Å². The second-order valence-corrected chi connectivity index (χ2v) is 2.15. The summed E-state index contributed by atoms with van der Waals surface area (Å²) in [6.45, 7) is 7.72. The van der Waals surface area contributed by atoms with E-state index in [0.717, 1.165) is 17.9 Å². The van der Waals surface area contributed by atoms with E-state index in [4.69, 9.17) is 4.74 Å². The van der Waals surface area contributed by atoms with Gasteiger partial charge in [-0.15, -0.1) is 0 Å². The van der Waals surface area contributed by atoms with Gasteiger partial charge in [0.1, 0.15) is 5.76 Å². The molecule has 0 aromatic rings. The molecular weight excluding hydrogens is 100 g/mol. The number of hydrogen-bond donors (Lipinski definition) is 0. The lowest BCUT2D eigenvalue weighted by Gasteiger charge is -1.93. The maximum absolute atomic E-state index is 5.16. The van der Waals surface area contributed by atoms with Gasteiger partial charge in [0.05, 0.1) is 5.76 Å². The van der Waals surface area contributed by atoms with Crippen LogP contribution >= 0.6 is 0 Å².